The molecule has 5 nitrogen and oxygen atoms in total. The van der Waals surface area contributed by atoms with Crippen LogP contribution in [0.2, 0.25) is 0 Å². The van der Waals surface area contributed by atoms with Gasteiger partial charge in [0.05, 0.1) is 4.90 Å². The van der Waals surface area contributed by atoms with Crippen LogP contribution in [0.1, 0.15) is 30.1 Å². The van der Waals surface area contributed by atoms with Crippen LogP contribution in [0.3, 0.4) is 0 Å². The van der Waals surface area contributed by atoms with Crippen LogP contribution in [0.15, 0.2) is 27.6 Å². The van der Waals surface area contributed by atoms with Gasteiger partial charge in [-0.1, -0.05) is 6.92 Å². The Morgan fingerprint density at radius 3 is 2.58 bits per heavy atom. The maximum atomic E-state index is 12.0. The minimum Gasteiger partial charge on any atom is -0.349 e. The van der Waals surface area contributed by atoms with Gasteiger partial charge in [-0.3, -0.25) is 4.79 Å². The monoisotopic (exact) mass is 346 g/mol. The van der Waals surface area contributed by atoms with Crippen molar-refractivity contribution in [2.75, 3.05) is 0 Å². The fourth-order valence-electron chi connectivity index (χ4n) is 2.15. The summed E-state index contributed by atoms with van der Waals surface area (Å²) in [5.74, 6) is 0.365. The number of hydrogen-bond acceptors (Lipinski definition) is 3. The zero-order valence-corrected chi connectivity index (χ0v) is 12.8. The number of nitrogens with two attached hydrogens (primary N) is 1. The third kappa shape index (κ3) is 3.34. The SMILES string of the molecule is CC1CC(NC(=O)c2ccc(Br)c(S(N)(=O)=O)c2)C1. The fraction of sp³-hybridized carbons (Fsp3) is 0.417. The molecular weight excluding hydrogens is 332 g/mol. The van der Waals surface area contributed by atoms with Crippen molar-refractivity contribution in [3.8, 4) is 0 Å². The predicted octanol–water partition coefficient (Wildman–Crippen LogP) is 1.62. The van der Waals surface area contributed by atoms with E-state index in [9.17, 15) is 13.2 Å². The van der Waals surface area contributed by atoms with E-state index in [4.69, 9.17) is 5.14 Å². The van der Waals surface area contributed by atoms with Crippen molar-refractivity contribution in [1.82, 2.24) is 5.32 Å². The van der Waals surface area contributed by atoms with Crippen LogP contribution in [0, 0.1) is 5.92 Å². The Labute approximate surface area is 120 Å². The van der Waals surface area contributed by atoms with Crippen LogP contribution < -0.4 is 10.5 Å². The first-order valence-electron chi connectivity index (χ1n) is 5.90. The van der Waals surface area contributed by atoms with E-state index in [1.807, 2.05) is 0 Å². The van der Waals surface area contributed by atoms with E-state index < -0.39 is 10.0 Å². The number of amides is 1. The Bertz CT molecular complexity index is 609. The fourth-order valence-corrected chi connectivity index (χ4v) is 3.71. The Morgan fingerprint density at radius 1 is 1.42 bits per heavy atom. The highest BCUT2D eigenvalue weighted by Crippen LogP contribution is 2.27. The normalized spacial score (nSPS) is 22.7. The summed E-state index contributed by atoms with van der Waals surface area (Å²) >= 11 is 3.11. The molecule has 1 fully saturated rings. The van der Waals surface area contributed by atoms with Gasteiger partial charge in [0, 0.05) is 16.1 Å². The molecule has 0 saturated heterocycles. The zero-order valence-electron chi connectivity index (χ0n) is 10.4. The molecule has 0 bridgehead atoms. The molecule has 1 aromatic carbocycles. The van der Waals surface area contributed by atoms with Crippen LogP contribution in [0.25, 0.3) is 0 Å². The topological polar surface area (TPSA) is 89.3 Å². The number of carbonyl (C=O) groups excluding carboxylic acids is 1. The molecule has 2 rings (SSSR count). The Hall–Kier alpha value is -0.920. The minimum atomic E-state index is -3.85. The molecule has 0 aliphatic heterocycles. The van der Waals surface area contributed by atoms with Gasteiger partial charge in [-0.25, -0.2) is 13.6 Å². The summed E-state index contributed by atoms with van der Waals surface area (Å²) in [6.07, 6.45) is 1.93. The second-order valence-electron chi connectivity index (χ2n) is 4.94. The number of benzene rings is 1. The standard InChI is InChI=1S/C12H15BrN2O3S/c1-7-4-9(5-7)15-12(16)8-2-3-10(13)11(6-8)19(14,17)18/h2-3,6-7,9H,4-5H2,1H3,(H,15,16)(H2,14,17,18). The molecule has 1 aromatic rings. The van der Waals surface area contributed by atoms with Gasteiger partial charge in [-0.2, -0.15) is 0 Å². The highest BCUT2D eigenvalue weighted by molar-refractivity contribution is 9.10. The maximum Gasteiger partial charge on any atom is 0.251 e. The number of sulfonamides is 1. The molecule has 3 N–H and O–H groups in total. The van der Waals surface area contributed by atoms with E-state index in [0.29, 0.717) is 16.0 Å². The molecular formula is C12H15BrN2O3S. The lowest BCUT2D eigenvalue weighted by Gasteiger charge is -2.33. The highest BCUT2D eigenvalue weighted by Gasteiger charge is 2.27. The Balaban J connectivity index is 2.19. The van der Waals surface area contributed by atoms with E-state index in [2.05, 4.69) is 28.2 Å². The van der Waals surface area contributed by atoms with Gasteiger partial charge >= 0.3 is 0 Å². The van der Waals surface area contributed by atoms with E-state index in [-0.39, 0.29) is 16.8 Å². The average Bonchev–Trinajstić information content (AvgIpc) is 2.25. The summed E-state index contributed by atoms with van der Waals surface area (Å²) in [7, 11) is -3.85. The van der Waals surface area contributed by atoms with E-state index in [1.165, 1.54) is 12.1 Å². The molecule has 1 aliphatic rings. The molecule has 1 saturated carbocycles. The second-order valence-corrected chi connectivity index (χ2v) is 7.32. The van der Waals surface area contributed by atoms with Gasteiger partial charge < -0.3 is 5.32 Å². The van der Waals surface area contributed by atoms with Gasteiger partial charge in [-0.15, -0.1) is 0 Å². The second kappa shape index (κ2) is 5.22. The van der Waals surface area contributed by atoms with Crippen molar-refractivity contribution in [2.24, 2.45) is 11.1 Å². The van der Waals surface area contributed by atoms with Crippen LogP contribution in [0.4, 0.5) is 0 Å². The number of carbonyl (C=O) groups is 1. The Morgan fingerprint density at radius 2 is 2.05 bits per heavy atom. The molecule has 0 radical (unpaired) electrons. The molecule has 7 heteroatoms. The first-order chi connectivity index (χ1) is 8.77. The number of hydrogen-bond donors (Lipinski definition) is 2. The number of rotatable bonds is 3. The molecule has 104 valence electrons. The summed E-state index contributed by atoms with van der Waals surface area (Å²) in [5.41, 5.74) is 0.298. The first kappa shape index (κ1) is 14.5. The molecule has 0 aromatic heterocycles. The zero-order chi connectivity index (χ0) is 14.2. The summed E-state index contributed by atoms with van der Waals surface area (Å²) in [4.78, 5) is 11.9. The summed E-state index contributed by atoms with van der Waals surface area (Å²) in [6.45, 7) is 2.13. The number of primary sulfonamides is 1. The maximum absolute atomic E-state index is 12.0. The van der Waals surface area contributed by atoms with Crippen LogP contribution >= 0.6 is 15.9 Å². The first-order valence-corrected chi connectivity index (χ1v) is 8.24. The lowest BCUT2D eigenvalue weighted by Crippen LogP contribution is -2.43. The van der Waals surface area contributed by atoms with Crippen LogP contribution in [-0.4, -0.2) is 20.4 Å². The third-order valence-electron chi connectivity index (χ3n) is 3.21. The quantitative estimate of drug-likeness (QED) is 0.871. The van der Waals surface area contributed by atoms with Crippen molar-refractivity contribution in [2.45, 2.75) is 30.7 Å². The van der Waals surface area contributed by atoms with Crippen molar-refractivity contribution in [3.05, 3.63) is 28.2 Å². The van der Waals surface area contributed by atoms with Crippen molar-refractivity contribution in [1.29, 1.82) is 0 Å². The largest absolute Gasteiger partial charge is 0.349 e. The number of nitrogens with one attached hydrogen (secondary N) is 1. The molecule has 0 unspecified atom stereocenters. The summed E-state index contributed by atoms with van der Waals surface area (Å²) < 4.78 is 23.1. The predicted molar refractivity (Wildman–Crippen MR) is 75.2 cm³/mol. The van der Waals surface area contributed by atoms with E-state index in [0.717, 1.165) is 12.8 Å². The molecule has 1 aliphatic carbocycles. The average molecular weight is 347 g/mol. The van der Waals surface area contributed by atoms with Gasteiger partial charge in [0.25, 0.3) is 5.91 Å². The van der Waals surface area contributed by atoms with Gasteiger partial charge in [0.1, 0.15) is 0 Å². The molecule has 0 heterocycles. The number of halogens is 1. The van der Waals surface area contributed by atoms with Gasteiger partial charge in [0.2, 0.25) is 10.0 Å². The van der Waals surface area contributed by atoms with Crippen LogP contribution in [0.5, 0.6) is 0 Å². The Kier molecular flexibility index (Phi) is 3.98. The van der Waals surface area contributed by atoms with Crippen LogP contribution in [-0.2, 0) is 10.0 Å². The summed E-state index contributed by atoms with van der Waals surface area (Å²) in [5, 5.41) is 7.97. The van der Waals surface area contributed by atoms with Crippen molar-refractivity contribution >= 4 is 31.9 Å². The van der Waals surface area contributed by atoms with Crippen molar-refractivity contribution < 1.29 is 13.2 Å². The van der Waals surface area contributed by atoms with Gasteiger partial charge in [0.15, 0.2) is 0 Å². The minimum absolute atomic E-state index is 0.0814. The lowest BCUT2D eigenvalue weighted by atomic mass is 9.82. The highest BCUT2D eigenvalue weighted by atomic mass is 79.9. The van der Waals surface area contributed by atoms with E-state index >= 15 is 0 Å². The molecule has 19 heavy (non-hydrogen) atoms. The smallest absolute Gasteiger partial charge is 0.251 e. The van der Waals surface area contributed by atoms with E-state index in [1.54, 1.807) is 6.07 Å². The molecule has 0 atom stereocenters. The molecule has 1 amide bonds. The molecule has 0 spiro atoms. The summed E-state index contributed by atoms with van der Waals surface area (Å²) in [6, 6.07) is 4.55. The lowest BCUT2D eigenvalue weighted by molar-refractivity contribution is 0.0896. The van der Waals surface area contributed by atoms with Crippen molar-refractivity contribution in [3.63, 3.8) is 0 Å². The third-order valence-corrected chi connectivity index (χ3v) is 5.11. The van der Waals surface area contributed by atoms with Gasteiger partial charge in [-0.05, 0) is 52.9 Å².